The first kappa shape index (κ1) is 20.3. The summed E-state index contributed by atoms with van der Waals surface area (Å²) in [5.41, 5.74) is 0.136. The lowest BCUT2D eigenvalue weighted by molar-refractivity contribution is -0.0323. The highest BCUT2D eigenvalue weighted by Gasteiger charge is 2.40. The Hall–Kier alpha value is -4.01. The van der Waals surface area contributed by atoms with Gasteiger partial charge in [-0.2, -0.15) is 0 Å². The minimum Gasteiger partial charge on any atom is -0.512 e. The summed E-state index contributed by atoms with van der Waals surface area (Å²) in [6.07, 6.45) is 3.60. The van der Waals surface area contributed by atoms with Gasteiger partial charge in [-0.15, -0.1) is 0 Å². The third-order valence-electron chi connectivity index (χ3n) is 5.28. The number of carbonyl (C=O) groups is 1. The summed E-state index contributed by atoms with van der Waals surface area (Å²) in [5, 5.41) is 58.7. The zero-order valence-corrected chi connectivity index (χ0v) is 16.1. The van der Waals surface area contributed by atoms with E-state index in [0.717, 1.165) is 18.2 Å². The van der Waals surface area contributed by atoms with Crippen LogP contribution in [-0.4, -0.2) is 48.8 Å². The van der Waals surface area contributed by atoms with Gasteiger partial charge in [0.05, 0.1) is 11.3 Å². The van der Waals surface area contributed by atoms with Crippen LogP contribution in [0.15, 0.2) is 48.3 Å². The van der Waals surface area contributed by atoms with Crippen LogP contribution < -0.4 is 4.74 Å². The Morgan fingerprint density at radius 3 is 2.32 bits per heavy atom. The van der Waals surface area contributed by atoms with E-state index in [1.165, 1.54) is 12.1 Å². The average Bonchev–Trinajstić information content (AvgIpc) is 2.71. The van der Waals surface area contributed by atoms with Crippen LogP contribution in [0.3, 0.4) is 0 Å². The van der Waals surface area contributed by atoms with Crippen molar-refractivity contribution >= 4 is 5.97 Å². The molecule has 4 rings (SSSR count). The fourth-order valence-electron chi connectivity index (χ4n) is 3.78. The second kappa shape index (κ2) is 7.67. The van der Waals surface area contributed by atoms with E-state index in [4.69, 9.17) is 9.47 Å². The van der Waals surface area contributed by atoms with Gasteiger partial charge in [0.1, 0.15) is 29.5 Å². The number of aliphatic hydroxyl groups is 1. The Balaban J connectivity index is 1.66. The SMILES string of the molecule is O=C(O[C@@H]1Cc2c(O)cc(O)cc2O[C@@H]1C1C=CC=C(O)C1)c1cc(O)c(O)c(O)c1. The Morgan fingerprint density at radius 2 is 1.65 bits per heavy atom. The van der Waals surface area contributed by atoms with Gasteiger partial charge in [0, 0.05) is 36.5 Å². The highest BCUT2D eigenvalue weighted by Crippen LogP contribution is 2.42. The summed E-state index contributed by atoms with van der Waals surface area (Å²) in [6.45, 7) is 0. The van der Waals surface area contributed by atoms with Crippen LogP contribution in [0, 0.1) is 5.92 Å². The molecule has 1 unspecified atom stereocenters. The van der Waals surface area contributed by atoms with Gasteiger partial charge in [-0.3, -0.25) is 0 Å². The molecule has 0 spiro atoms. The fraction of sp³-hybridized carbons (Fsp3) is 0.227. The van der Waals surface area contributed by atoms with E-state index in [9.17, 15) is 35.4 Å². The highest BCUT2D eigenvalue weighted by molar-refractivity contribution is 5.91. The molecule has 0 bridgehead atoms. The first-order valence-corrected chi connectivity index (χ1v) is 9.46. The first-order valence-electron chi connectivity index (χ1n) is 9.46. The highest BCUT2D eigenvalue weighted by atomic mass is 16.6. The monoisotopic (exact) mass is 428 g/mol. The number of ether oxygens (including phenoxy) is 2. The molecule has 2 aromatic carbocycles. The molecule has 1 aliphatic carbocycles. The molecule has 9 nitrogen and oxygen atoms in total. The van der Waals surface area contributed by atoms with Crippen LogP contribution in [0.5, 0.6) is 34.5 Å². The molecule has 2 aromatic rings. The summed E-state index contributed by atoms with van der Waals surface area (Å²) in [7, 11) is 0. The van der Waals surface area contributed by atoms with Crippen molar-refractivity contribution in [3.8, 4) is 34.5 Å². The van der Waals surface area contributed by atoms with Crippen molar-refractivity contribution in [1.82, 2.24) is 0 Å². The molecule has 0 saturated carbocycles. The standard InChI is InChI=1S/C22H20O9/c23-12-3-1-2-10(4-12)21-19(9-14-15(25)7-13(24)8-18(14)30-21)31-22(29)11-5-16(26)20(28)17(27)6-11/h1-3,5-8,10,19,21,23-28H,4,9H2/t10?,19-,21-/m1/s1. The van der Waals surface area contributed by atoms with E-state index in [1.807, 2.05) is 0 Å². The maximum absolute atomic E-state index is 12.7. The lowest BCUT2D eigenvalue weighted by atomic mass is 9.86. The van der Waals surface area contributed by atoms with Crippen LogP contribution in [0.2, 0.25) is 0 Å². The molecule has 31 heavy (non-hydrogen) atoms. The van der Waals surface area contributed by atoms with Gasteiger partial charge < -0.3 is 40.1 Å². The number of phenols is 5. The number of hydrogen-bond acceptors (Lipinski definition) is 9. The Morgan fingerprint density at radius 1 is 0.935 bits per heavy atom. The molecule has 0 aromatic heterocycles. The number of esters is 1. The van der Waals surface area contributed by atoms with Crippen molar-refractivity contribution in [1.29, 1.82) is 0 Å². The molecule has 9 heteroatoms. The number of phenolic OH excluding ortho intramolecular Hbond substituents is 5. The minimum atomic E-state index is -0.908. The maximum Gasteiger partial charge on any atom is 0.338 e. The molecular weight excluding hydrogens is 408 g/mol. The fourth-order valence-corrected chi connectivity index (χ4v) is 3.78. The van der Waals surface area contributed by atoms with E-state index in [1.54, 1.807) is 12.2 Å². The number of fused-ring (bicyclic) bond motifs is 1. The van der Waals surface area contributed by atoms with Crippen LogP contribution in [0.4, 0.5) is 0 Å². The van der Waals surface area contributed by atoms with E-state index in [2.05, 4.69) is 0 Å². The van der Waals surface area contributed by atoms with Gasteiger partial charge in [0.15, 0.2) is 17.2 Å². The molecule has 162 valence electrons. The van der Waals surface area contributed by atoms with E-state index in [0.29, 0.717) is 5.56 Å². The number of aromatic hydroxyl groups is 5. The topological polar surface area (TPSA) is 157 Å². The van der Waals surface area contributed by atoms with Crippen molar-refractivity contribution < 1.29 is 44.9 Å². The van der Waals surface area contributed by atoms with Crippen LogP contribution in [-0.2, 0) is 11.2 Å². The van der Waals surface area contributed by atoms with Gasteiger partial charge in [-0.05, 0) is 18.2 Å². The molecule has 1 heterocycles. The van der Waals surface area contributed by atoms with E-state index < -0.39 is 35.4 Å². The number of rotatable bonds is 3. The third kappa shape index (κ3) is 3.89. The van der Waals surface area contributed by atoms with Crippen LogP contribution in [0.25, 0.3) is 0 Å². The molecule has 1 aliphatic heterocycles. The molecule has 0 fully saturated rings. The van der Waals surface area contributed by atoms with Crippen molar-refractivity contribution in [2.24, 2.45) is 5.92 Å². The quantitative estimate of drug-likeness (QED) is 0.319. The summed E-state index contributed by atoms with van der Waals surface area (Å²) >= 11 is 0. The predicted octanol–water partition coefficient (Wildman–Crippen LogP) is 2.76. The Kier molecular flexibility index (Phi) is 5.02. The number of aliphatic hydroxyl groups excluding tert-OH is 1. The number of carbonyl (C=O) groups excluding carboxylic acids is 1. The second-order valence-corrected chi connectivity index (χ2v) is 7.45. The molecule has 0 radical (unpaired) electrons. The minimum absolute atomic E-state index is 0.0583. The molecule has 6 N–H and O–H groups in total. The smallest absolute Gasteiger partial charge is 0.338 e. The number of hydrogen-bond donors (Lipinski definition) is 6. The normalized spacial score (nSPS) is 22.2. The number of benzene rings is 2. The van der Waals surface area contributed by atoms with Gasteiger partial charge >= 0.3 is 5.97 Å². The van der Waals surface area contributed by atoms with Crippen molar-refractivity contribution in [2.75, 3.05) is 0 Å². The van der Waals surface area contributed by atoms with Crippen molar-refractivity contribution in [3.05, 3.63) is 59.4 Å². The van der Waals surface area contributed by atoms with E-state index >= 15 is 0 Å². The first-order chi connectivity index (χ1) is 14.7. The zero-order valence-electron chi connectivity index (χ0n) is 16.1. The second-order valence-electron chi connectivity index (χ2n) is 7.45. The van der Waals surface area contributed by atoms with Gasteiger partial charge in [-0.25, -0.2) is 4.79 Å². The molecular formula is C22H20O9. The van der Waals surface area contributed by atoms with Gasteiger partial charge in [0.2, 0.25) is 0 Å². The summed E-state index contributed by atoms with van der Waals surface area (Å²) < 4.78 is 11.6. The summed E-state index contributed by atoms with van der Waals surface area (Å²) in [4.78, 5) is 12.7. The summed E-state index contributed by atoms with van der Waals surface area (Å²) in [5.74, 6) is -3.47. The Bertz CT molecular complexity index is 1080. The van der Waals surface area contributed by atoms with E-state index in [-0.39, 0.29) is 47.3 Å². The lowest BCUT2D eigenvalue weighted by Crippen LogP contribution is -2.45. The summed E-state index contributed by atoms with van der Waals surface area (Å²) in [6, 6.07) is 4.40. The van der Waals surface area contributed by atoms with Crippen LogP contribution in [0.1, 0.15) is 22.3 Å². The van der Waals surface area contributed by atoms with Gasteiger partial charge in [0.25, 0.3) is 0 Å². The van der Waals surface area contributed by atoms with Crippen molar-refractivity contribution in [3.63, 3.8) is 0 Å². The number of allylic oxidation sites excluding steroid dienone is 3. The maximum atomic E-state index is 12.7. The molecule has 0 amide bonds. The molecule has 2 aliphatic rings. The molecule has 3 atom stereocenters. The average molecular weight is 428 g/mol. The lowest BCUT2D eigenvalue weighted by Gasteiger charge is -2.37. The zero-order chi connectivity index (χ0) is 22.3. The van der Waals surface area contributed by atoms with Gasteiger partial charge in [-0.1, -0.05) is 12.2 Å². The third-order valence-corrected chi connectivity index (χ3v) is 5.28. The van der Waals surface area contributed by atoms with Crippen molar-refractivity contribution in [2.45, 2.75) is 25.0 Å². The largest absolute Gasteiger partial charge is 0.512 e. The van der Waals surface area contributed by atoms with Crippen LogP contribution >= 0.6 is 0 Å². The predicted molar refractivity (Wildman–Crippen MR) is 106 cm³/mol. The Labute approximate surface area is 176 Å². The molecule has 0 saturated heterocycles.